The third-order valence-corrected chi connectivity index (χ3v) is 0.882. The molecule has 82 valence electrons. The van der Waals surface area contributed by atoms with Crippen molar-refractivity contribution < 1.29 is 10.2 Å². The van der Waals surface area contributed by atoms with E-state index in [-0.39, 0.29) is 11.5 Å². The van der Waals surface area contributed by atoms with Crippen LogP contribution in [0.2, 0.25) is 0 Å². The van der Waals surface area contributed by atoms with Crippen LogP contribution in [0.3, 0.4) is 0 Å². The minimum atomic E-state index is -0.0764. The summed E-state index contributed by atoms with van der Waals surface area (Å²) >= 11 is 0. The third kappa shape index (κ3) is 10.8. The van der Waals surface area contributed by atoms with E-state index < -0.39 is 0 Å². The Hall–Kier alpha value is -1.18. The first-order chi connectivity index (χ1) is 6.54. The molecule has 0 aliphatic rings. The largest absolute Gasteiger partial charge is 0.504 e. The van der Waals surface area contributed by atoms with Gasteiger partial charge in [0.2, 0.25) is 0 Å². The summed E-state index contributed by atoms with van der Waals surface area (Å²) in [5, 5.41) is 17.3. The number of rotatable bonds is 0. The molecule has 0 aliphatic heterocycles. The molecule has 0 fully saturated rings. The first-order valence-electron chi connectivity index (χ1n) is 5.01. The Labute approximate surface area is 87.2 Å². The Morgan fingerprint density at radius 2 is 1.07 bits per heavy atom. The Bertz CT molecular complexity index is 196. The molecule has 2 nitrogen and oxygen atoms in total. The van der Waals surface area contributed by atoms with Gasteiger partial charge in [-0.2, -0.15) is 0 Å². The zero-order chi connectivity index (χ0) is 11.6. The molecule has 0 radical (unpaired) electrons. The van der Waals surface area contributed by atoms with Crippen LogP contribution in [0.1, 0.15) is 34.6 Å². The van der Waals surface area contributed by atoms with E-state index >= 15 is 0 Å². The van der Waals surface area contributed by atoms with E-state index in [1.54, 1.807) is 12.1 Å². The fourth-order valence-corrected chi connectivity index (χ4v) is 0.464. The van der Waals surface area contributed by atoms with E-state index in [9.17, 15) is 0 Å². The average molecular weight is 198 g/mol. The summed E-state index contributed by atoms with van der Waals surface area (Å²) in [5.74, 6) is 0.681. The van der Waals surface area contributed by atoms with Crippen LogP contribution in [0, 0.1) is 5.92 Å². The maximum absolute atomic E-state index is 8.67. The van der Waals surface area contributed by atoms with E-state index in [0.717, 1.165) is 5.92 Å². The predicted molar refractivity (Wildman–Crippen MR) is 61.6 cm³/mol. The normalized spacial score (nSPS) is 8.14. The second-order valence-electron chi connectivity index (χ2n) is 3.22. The number of para-hydroxylation sites is 2. The van der Waals surface area contributed by atoms with Crippen LogP contribution in [-0.4, -0.2) is 10.2 Å². The topological polar surface area (TPSA) is 40.5 Å². The molecule has 0 aliphatic carbocycles. The molecule has 0 bridgehead atoms. The van der Waals surface area contributed by atoms with Gasteiger partial charge in [-0.15, -0.1) is 0 Å². The van der Waals surface area contributed by atoms with Gasteiger partial charge in [0.05, 0.1) is 0 Å². The first kappa shape index (κ1) is 15.3. The minimum absolute atomic E-state index is 0.0764. The SMILES string of the molecule is CC.CC(C)C.Oc1ccccc1O. The molecule has 0 aromatic heterocycles. The van der Waals surface area contributed by atoms with Gasteiger partial charge in [0.25, 0.3) is 0 Å². The maximum Gasteiger partial charge on any atom is 0.157 e. The van der Waals surface area contributed by atoms with Crippen molar-refractivity contribution in [3.05, 3.63) is 24.3 Å². The second kappa shape index (κ2) is 9.90. The zero-order valence-corrected chi connectivity index (χ0v) is 9.78. The quantitative estimate of drug-likeness (QED) is 0.623. The lowest BCUT2D eigenvalue weighted by molar-refractivity contribution is 0.404. The number of aromatic hydroxyl groups is 2. The first-order valence-corrected chi connectivity index (χ1v) is 5.01. The van der Waals surface area contributed by atoms with Crippen LogP contribution in [0.25, 0.3) is 0 Å². The summed E-state index contributed by atoms with van der Waals surface area (Å²) in [5.41, 5.74) is 0. The molecule has 2 N–H and O–H groups in total. The van der Waals surface area contributed by atoms with Gasteiger partial charge < -0.3 is 10.2 Å². The van der Waals surface area contributed by atoms with Crippen molar-refractivity contribution in [2.45, 2.75) is 34.6 Å². The van der Waals surface area contributed by atoms with E-state index in [2.05, 4.69) is 20.8 Å². The van der Waals surface area contributed by atoms with Crippen molar-refractivity contribution >= 4 is 0 Å². The fraction of sp³-hybridized carbons (Fsp3) is 0.500. The minimum Gasteiger partial charge on any atom is -0.504 e. The van der Waals surface area contributed by atoms with Gasteiger partial charge >= 0.3 is 0 Å². The van der Waals surface area contributed by atoms with Crippen molar-refractivity contribution in [3.63, 3.8) is 0 Å². The predicted octanol–water partition coefficient (Wildman–Crippen LogP) is 3.79. The highest BCUT2D eigenvalue weighted by molar-refractivity contribution is 5.36. The molecule has 0 saturated heterocycles. The summed E-state index contributed by atoms with van der Waals surface area (Å²) in [6.07, 6.45) is 0. The van der Waals surface area contributed by atoms with Crippen LogP contribution < -0.4 is 0 Å². The van der Waals surface area contributed by atoms with Gasteiger partial charge in [0.15, 0.2) is 11.5 Å². The lowest BCUT2D eigenvalue weighted by atomic mass is 10.3. The highest BCUT2D eigenvalue weighted by Crippen LogP contribution is 2.21. The van der Waals surface area contributed by atoms with E-state index in [4.69, 9.17) is 10.2 Å². The van der Waals surface area contributed by atoms with E-state index in [0.29, 0.717) is 0 Å². The number of phenolic OH excluding ortho intramolecular Hbond substituents is 2. The molecule has 14 heavy (non-hydrogen) atoms. The van der Waals surface area contributed by atoms with Crippen LogP contribution in [-0.2, 0) is 0 Å². The molecule has 2 heteroatoms. The molecule has 0 unspecified atom stereocenters. The molecule has 0 spiro atoms. The van der Waals surface area contributed by atoms with Crippen molar-refractivity contribution in [1.29, 1.82) is 0 Å². The summed E-state index contributed by atoms with van der Waals surface area (Å²) in [7, 11) is 0. The molecule has 1 rings (SSSR count). The maximum atomic E-state index is 8.67. The van der Waals surface area contributed by atoms with Gasteiger partial charge in [-0.3, -0.25) is 0 Å². The summed E-state index contributed by atoms with van der Waals surface area (Å²) in [4.78, 5) is 0. The van der Waals surface area contributed by atoms with E-state index in [1.165, 1.54) is 12.1 Å². The van der Waals surface area contributed by atoms with Crippen LogP contribution in [0.4, 0.5) is 0 Å². The third-order valence-electron chi connectivity index (χ3n) is 0.882. The number of hydrogen-bond acceptors (Lipinski definition) is 2. The van der Waals surface area contributed by atoms with Crippen LogP contribution in [0.15, 0.2) is 24.3 Å². The van der Waals surface area contributed by atoms with Crippen LogP contribution >= 0.6 is 0 Å². The summed E-state index contributed by atoms with van der Waals surface area (Å²) in [6.45, 7) is 10.5. The Morgan fingerprint density at radius 1 is 0.857 bits per heavy atom. The van der Waals surface area contributed by atoms with Crippen molar-refractivity contribution in [2.24, 2.45) is 5.92 Å². The average Bonchev–Trinajstić information content (AvgIpc) is 2.13. The van der Waals surface area contributed by atoms with Gasteiger partial charge in [-0.1, -0.05) is 46.8 Å². The smallest absolute Gasteiger partial charge is 0.157 e. The van der Waals surface area contributed by atoms with Gasteiger partial charge in [0.1, 0.15) is 0 Å². The Morgan fingerprint density at radius 3 is 1.21 bits per heavy atom. The standard InChI is InChI=1S/C6H6O2.C4H10.C2H6/c7-5-3-1-2-4-6(5)8;1-4(2)3;1-2/h1-4,7-8H;4H,1-3H3;1-2H3. The monoisotopic (exact) mass is 198 g/mol. The molecule has 0 saturated carbocycles. The number of phenols is 2. The van der Waals surface area contributed by atoms with Gasteiger partial charge in [-0.25, -0.2) is 0 Å². The van der Waals surface area contributed by atoms with Crippen molar-refractivity contribution in [3.8, 4) is 11.5 Å². The highest BCUT2D eigenvalue weighted by Gasteiger charge is 1.90. The Balaban J connectivity index is 0. The second-order valence-corrected chi connectivity index (χ2v) is 3.22. The molecule has 1 aromatic rings. The summed E-state index contributed by atoms with van der Waals surface area (Å²) in [6, 6.07) is 6.15. The number of benzene rings is 1. The highest BCUT2D eigenvalue weighted by atomic mass is 16.3. The van der Waals surface area contributed by atoms with E-state index in [1.807, 2.05) is 13.8 Å². The van der Waals surface area contributed by atoms with Crippen molar-refractivity contribution in [1.82, 2.24) is 0 Å². The van der Waals surface area contributed by atoms with Gasteiger partial charge in [0, 0.05) is 0 Å². The number of hydrogen-bond donors (Lipinski definition) is 2. The Kier molecular flexibility index (Phi) is 10.8. The van der Waals surface area contributed by atoms with Gasteiger partial charge in [-0.05, 0) is 18.1 Å². The lowest BCUT2D eigenvalue weighted by Crippen LogP contribution is -1.66. The molecular weight excluding hydrogens is 176 g/mol. The molecule has 1 aromatic carbocycles. The zero-order valence-electron chi connectivity index (χ0n) is 9.78. The molecular formula is C12H22O2. The fourth-order valence-electron chi connectivity index (χ4n) is 0.464. The van der Waals surface area contributed by atoms with Crippen molar-refractivity contribution in [2.75, 3.05) is 0 Å². The molecule has 0 heterocycles. The summed E-state index contributed by atoms with van der Waals surface area (Å²) < 4.78 is 0. The van der Waals surface area contributed by atoms with Crippen LogP contribution in [0.5, 0.6) is 11.5 Å². The lowest BCUT2D eigenvalue weighted by Gasteiger charge is -1.91. The molecule has 0 atom stereocenters. The molecule has 0 amide bonds.